The van der Waals surface area contributed by atoms with E-state index in [0.29, 0.717) is 18.3 Å². The van der Waals surface area contributed by atoms with E-state index in [1.54, 1.807) is 0 Å². The van der Waals surface area contributed by atoms with Crippen molar-refractivity contribution < 1.29 is 9.26 Å². The van der Waals surface area contributed by atoms with Crippen LogP contribution in [0.1, 0.15) is 32.1 Å². The second kappa shape index (κ2) is 10.5. The Labute approximate surface area is 161 Å². The van der Waals surface area contributed by atoms with Crippen LogP contribution in [-0.4, -0.2) is 48.3 Å². The van der Waals surface area contributed by atoms with Gasteiger partial charge in [-0.2, -0.15) is 4.98 Å². The summed E-state index contributed by atoms with van der Waals surface area (Å²) in [6.07, 6.45) is 3.77. The molecule has 1 aromatic carbocycles. The van der Waals surface area contributed by atoms with Gasteiger partial charge in [-0.25, -0.2) is 0 Å². The second-order valence-electron chi connectivity index (χ2n) is 6.58. The monoisotopic (exact) mass is 380 g/mol. The van der Waals surface area contributed by atoms with Gasteiger partial charge >= 0.3 is 0 Å². The van der Waals surface area contributed by atoms with Crippen LogP contribution in [0.15, 0.2) is 28.8 Å². The lowest BCUT2D eigenvalue weighted by atomic mass is 9.93. The molecule has 1 fully saturated rings. The molecule has 0 saturated carbocycles. The molecule has 0 radical (unpaired) electrons. The van der Waals surface area contributed by atoms with Crippen LogP contribution in [0.25, 0.3) is 11.4 Å². The maximum Gasteiger partial charge on any atom is 0.241 e. The Bertz CT molecular complexity index is 639. The summed E-state index contributed by atoms with van der Waals surface area (Å²) in [5, 5.41) is 7.36. The van der Waals surface area contributed by atoms with Crippen molar-refractivity contribution in [3.05, 3.63) is 30.2 Å². The first-order chi connectivity index (χ1) is 12.3. The molecule has 1 aliphatic rings. The van der Waals surface area contributed by atoms with Crippen LogP contribution < -0.4 is 10.1 Å². The Hall–Kier alpha value is -1.63. The van der Waals surface area contributed by atoms with E-state index in [1.165, 1.54) is 19.3 Å². The summed E-state index contributed by atoms with van der Waals surface area (Å²) in [5.41, 5.74) is 0.948. The predicted octanol–water partition coefficient (Wildman–Crippen LogP) is 3.38. The highest BCUT2D eigenvalue weighted by Crippen LogP contribution is 2.23. The third-order valence-corrected chi connectivity index (χ3v) is 4.76. The van der Waals surface area contributed by atoms with Gasteiger partial charge in [-0.3, -0.25) is 4.90 Å². The summed E-state index contributed by atoms with van der Waals surface area (Å²) in [7, 11) is 2.02. The Morgan fingerprint density at radius 3 is 2.62 bits per heavy atom. The first-order valence-corrected chi connectivity index (χ1v) is 9.21. The third kappa shape index (κ3) is 5.69. The number of likely N-dealkylation sites (tertiary alicyclic amines) is 1. The molecule has 0 unspecified atom stereocenters. The fourth-order valence-electron chi connectivity index (χ4n) is 3.28. The highest BCUT2D eigenvalue weighted by atomic mass is 35.5. The van der Waals surface area contributed by atoms with Crippen molar-refractivity contribution in [2.75, 3.05) is 33.3 Å². The largest absolute Gasteiger partial charge is 0.494 e. The van der Waals surface area contributed by atoms with Crippen LogP contribution in [-0.2, 0) is 6.54 Å². The SMILES string of the molecule is CCOc1ccc(-c2noc(CN3CCC(CCNC)CC3)n2)cc1.Cl. The Morgan fingerprint density at radius 1 is 1.23 bits per heavy atom. The number of piperidine rings is 1. The Balaban J connectivity index is 0.00000243. The molecule has 2 heterocycles. The van der Waals surface area contributed by atoms with Crippen LogP contribution >= 0.6 is 12.4 Å². The van der Waals surface area contributed by atoms with E-state index in [9.17, 15) is 0 Å². The van der Waals surface area contributed by atoms with Gasteiger partial charge in [-0.15, -0.1) is 12.4 Å². The molecule has 6 nitrogen and oxygen atoms in total. The third-order valence-electron chi connectivity index (χ3n) is 4.76. The van der Waals surface area contributed by atoms with Crippen molar-refractivity contribution in [3.8, 4) is 17.1 Å². The predicted molar refractivity (Wildman–Crippen MR) is 105 cm³/mol. The van der Waals surface area contributed by atoms with Crippen molar-refractivity contribution in [2.45, 2.75) is 32.7 Å². The van der Waals surface area contributed by atoms with Gasteiger partial charge in [0.1, 0.15) is 5.75 Å². The van der Waals surface area contributed by atoms with Gasteiger partial charge in [0.05, 0.1) is 13.2 Å². The number of hydrogen-bond acceptors (Lipinski definition) is 6. The zero-order chi connectivity index (χ0) is 17.5. The molecule has 26 heavy (non-hydrogen) atoms. The minimum atomic E-state index is 0. The molecule has 2 aromatic rings. The van der Waals surface area contributed by atoms with Crippen molar-refractivity contribution >= 4 is 12.4 Å². The number of nitrogens with zero attached hydrogens (tertiary/aromatic N) is 3. The van der Waals surface area contributed by atoms with Crippen molar-refractivity contribution in [1.82, 2.24) is 20.4 Å². The molecule has 1 N–H and O–H groups in total. The number of benzene rings is 1. The van der Waals surface area contributed by atoms with Gasteiger partial charge < -0.3 is 14.6 Å². The van der Waals surface area contributed by atoms with E-state index in [1.807, 2.05) is 38.2 Å². The van der Waals surface area contributed by atoms with Crippen molar-refractivity contribution in [2.24, 2.45) is 5.92 Å². The lowest BCUT2D eigenvalue weighted by Gasteiger charge is -2.30. The summed E-state index contributed by atoms with van der Waals surface area (Å²) >= 11 is 0. The van der Waals surface area contributed by atoms with Crippen molar-refractivity contribution in [3.63, 3.8) is 0 Å². The van der Waals surface area contributed by atoms with Crippen LogP contribution in [0.3, 0.4) is 0 Å². The highest BCUT2D eigenvalue weighted by Gasteiger charge is 2.20. The minimum absolute atomic E-state index is 0. The lowest BCUT2D eigenvalue weighted by Crippen LogP contribution is -2.34. The zero-order valence-electron chi connectivity index (χ0n) is 15.6. The first kappa shape index (κ1) is 20.7. The number of hydrogen-bond donors (Lipinski definition) is 1. The van der Waals surface area contributed by atoms with Gasteiger partial charge in [-0.1, -0.05) is 5.16 Å². The van der Waals surface area contributed by atoms with E-state index >= 15 is 0 Å². The summed E-state index contributed by atoms with van der Waals surface area (Å²) in [6, 6.07) is 7.80. The standard InChI is InChI=1S/C19H28N4O2.ClH/c1-3-24-17-6-4-16(5-7-17)19-21-18(25-22-19)14-23-12-9-15(10-13-23)8-11-20-2;/h4-7,15,20H,3,8-14H2,1-2H3;1H. The van der Waals surface area contributed by atoms with Crippen LogP contribution in [0.2, 0.25) is 0 Å². The van der Waals surface area contributed by atoms with E-state index in [-0.39, 0.29) is 12.4 Å². The first-order valence-electron chi connectivity index (χ1n) is 9.21. The highest BCUT2D eigenvalue weighted by molar-refractivity contribution is 5.85. The smallest absolute Gasteiger partial charge is 0.241 e. The minimum Gasteiger partial charge on any atom is -0.494 e. The van der Waals surface area contributed by atoms with Gasteiger partial charge in [0, 0.05) is 5.56 Å². The molecular weight excluding hydrogens is 352 g/mol. The summed E-state index contributed by atoms with van der Waals surface area (Å²) in [5.74, 6) is 3.03. The molecule has 0 aliphatic carbocycles. The van der Waals surface area contributed by atoms with Gasteiger partial charge in [0.15, 0.2) is 0 Å². The number of ether oxygens (including phenoxy) is 1. The molecule has 0 bridgehead atoms. The number of halogens is 1. The van der Waals surface area contributed by atoms with Gasteiger partial charge in [-0.05, 0) is 83.1 Å². The Kier molecular flexibility index (Phi) is 8.35. The molecule has 1 aliphatic heterocycles. The fraction of sp³-hybridized carbons (Fsp3) is 0.579. The van der Waals surface area contributed by atoms with E-state index in [4.69, 9.17) is 9.26 Å². The van der Waals surface area contributed by atoms with Crippen LogP contribution in [0.5, 0.6) is 5.75 Å². The lowest BCUT2D eigenvalue weighted by molar-refractivity contribution is 0.155. The summed E-state index contributed by atoms with van der Waals surface area (Å²) in [6.45, 7) is 6.70. The number of nitrogens with one attached hydrogen (secondary N) is 1. The average molecular weight is 381 g/mol. The molecule has 0 atom stereocenters. The molecular formula is C19H29ClN4O2. The van der Waals surface area contributed by atoms with Gasteiger partial charge in [0.25, 0.3) is 0 Å². The van der Waals surface area contributed by atoms with Crippen LogP contribution in [0, 0.1) is 5.92 Å². The quantitative estimate of drug-likeness (QED) is 0.757. The topological polar surface area (TPSA) is 63.4 Å². The van der Waals surface area contributed by atoms with Crippen LogP contribution in [0.4, 0.5) is 0 Å². The van der Waals surface area contributed by atoms with E-state index in [0.717, 1.165) is 43.4 Å². The zero-order valence-corrected chi connectivity index (χ0v) is 16.4. The fourth-order valence-corrected chi connectivity index (χ4v) is 3.28. The van der Waals surface area contributed by atoms with E-state index < -0.39 is 0 Å². The summed E-state index contributed by atoms with van der Waals surface area (Å²) in [4.78, 5) is 6.96. The molecule has 3 rings (SSSR count). The molecule has 0 spiro atoms. The average Bonchev–Trinajstić information content (AvgIpc) is 3.10. The maximum absolute atomic E-state index is 5.46. The number of aromatic nitrogens is 2. The number of rotatable bonds is 8. The normalized spacial score (nSPS) is 15.6. The van der Waals surface area contributed by atoms with Crippen molar-refractivity contribution in [1.29, 1.82) is 0 Å². The second-order valence-corrected chi connectivity index (χ2v) is 6.58. The van der Waals surface area contributed by atoms with E-state index in [2.05, 4.69) is 20.4 Å². The van der Waals surface area contributed by atoms with Gasteiger partial charge in [0.2, 0.25) is 11.7 Å². The maximum atomic E-state index is 5.46. The molecule has 144 valence electrons. The summed E-state index contributed by atoms with van der Waals surface area (Å²) < 4.78 is 10.9. The molecule has 7 heteroatoms. The Morgan fingerprint density at radius 2 is 1.96 bits per heavy atom. The molecule has 1 aromatic heterocycles. The molecule has 0 amide bonds. The molecule has 1 saturated heterocycles.